The lowest BCUT2D eigenvalue weighted by atomic mass is 9.99. The molecule has 2 aromatic rings. The number of thiophene rings is 1. The van der Waals surface area contributed by atoms with E-state index in [9.17, 15) is 19.6 Å². The molecule has 1 heterocycles. The number of nitrogens with zero attached hydrogens (tertiary/aromatic N) is 1. The standard InChI is InChI=1S/C21H18N2O5S/c1-27-20(25)14-8-9-15-16(14)17(21(26)28-2)19(29-15)23-18(24)13(11-22)10-12-6-4-3-5-7-12/h3-7,10,14H,8-9H2,1-2H3,(H,23,24)/b13-10-. The Hall–Kier alpha value is -3.44. The van der Waals surface area contributed by atoms with E-state index in [-0.39, 0.29) is 16.1 Å². The van der Waals surface area contributed by atoms with Crippen LogP contribution in [0, 0.1) is 11.3 Å². The molecule has 1 aromatic heterocycles. The van der Waals surface area contributed by atoms with Crippen LogP contribution in [0.4, 0.5) is 5.00 Å². The third kappa shape index (κ3) is 4.05. The maximum absolute atomic E-state index is 12.7. The molecule has 0 radical (unpaired) electrons. The first-order valence-electron chi connectivity index (χ1n) is 8.80. The van der Waals surface area contributed by atoms with Crippen LogP contribution in [0.15, 0.2) is 35.9 Å². The van der Waals surface area contributed by atoms with Crippen molar-refractivity contribution in [3.8, 4) is 6.07 Å². The summed E-state index contributed by atoms with van der Waals surface area (Å²) in [6.07, 6.45) is 2.58. The minimum Gasteiger partial charge on any atom is -0.469 e. The highest BCUT2D eigenvalue weighted by atomic mass is 32.1. The van der Waals surface area contributed by atoms with Gasteiger partial charge in [0.1, 0.15) is 16.6 Å². The Morgan fingerprint density at radius 1 is 1.21 bits per heavy atom. The molecule has 1 aromatic carbocycles. The summed E-state index contributed by atoms with van der Waals surface area (Å²) in [6.45, 7) is 0. The molecule has 3 rings (SSSR count). The molecule has 29 heavy (non-hydrogen) atoms. The topological polar surface area (TPSA) is 105 Å². The number of fused-ring (bicyclic) bond motifs is 1. The summed E-state index contributed by atoms with van der Waals surface area (Å²) in [7, 11) is 2.52. The molecule has 0 saturated heterocycles. The van der Waals surface area contributed by atoms with E-state index in [1.54, 1.807) is 24.3 Å². The number of rotatable bonds is 5. The number of esters is 2. The highest BCUT2D eigenvalue weighted by Gasteiger charge is 2.38. The van der Waals surface area contributed by atoms with E-state index < -0.39 is 23.8 Å². The Morgan fingerprint density at radius 2 is 1.93 bits per heavy atom. The van der Waals surface area contributed by atoms with Gasteiger partial charge in [-0.05, 0) is 30.0 Å². The summed E-state index contributed by atoms with van der Waals surface area (Å²) in [5.74, 6) is -2.32. The Bertz CT molecular complexity index is 1030. The SMILES string of the molecule is COC(=O)c1c(NC(=O)/C(C#N)=C\c2ccccc2)sc2c1C(C(=O)OC)CC2. The van der Waals surface area contributed by atoms with Gasteiger partial charge in [-0.15, -0.1) is 11.3 Å². The smallest absolute Gasteiger partial charge is 0.341 e. The van der Waals surface area contributed by atoms with Crippen LogP contribution in [0.3, 0.4) is 0 Å². The van der Waals surface area contributed by atoms with E-state index in [0.717, 1.165) is 4.88 Å². The fourth-order valence-corrected chi connectivity index (χ4v) is 4.53. The number of benzene rings is 1. The molecule has 1 atom stereocenters. The van der Waals surface area contributed by atoms with Gasteiger partial charge in [-0.25, -0.2) is 4.79 Å². The van der Waals surface area contributed by atoms with Crippen LogP contribution in [0.25, 0.3) is 6.08 Å². The zero-order chi connectivity index (χ0) is 21.0. The molecule has 1 amide bonds. The van der Waals surface area contributed by atoms with E-state index in [1.165, 1.54) is 31.6 Å². The minimum atomic E-state index is -0.654. The fraction of sp³-hybridized carbons (Fsp3) is 0.238. The molecule has 0 bridgehead atoms. The predicted molar refractivity (Wildman–Crippen MR) is 107 cm³/mol. The highest BCUT2D eigenvalue weighted by molar-refractivity contribution is 7.17. The van der Waals surface area contributed by atoms with Gasteiger partial charge < -0.3 is 14.8 Å². The molecule has 1 unspecified atom stereocenters. The molecule has 1 N–H and O–H groups in total. The van der Waals surface area contributed by atoms with Crippen LogP contribution in [-0.4, -0.2) is 32.1 Å². The van der Waals surface area contributed by atoms with Crippen molar-refractivity contribution in [3.05, 3.63) is 57.5 Å². The molecule has 0 fully saturated rings. The molecule has 7 nitrogen and oxygen atoms in total. The maximum Gasteiger partial charge on any atom is 0.341 e. The Morgan fingerprint density at radius 3 is 2.55 bits per heavy atom. The van der Waals surface area contributed by atoms with Crippen molar-refractivity contribution in [1.29, 1.82) is 5.26 Å². The quantitative estimate of drug-likeness (QED) is 0.461. The van der Waals surface area contributed by atoms with Crippen molar-refractivity contribution in [2.75, 3.05) is 19.5 Å². The van der Waals surface area contributed by atoms with Crippen molar-refractivity contribution in [2.45, 2.75) is 18.8 Å². The molecule has 0 aliphatic heterocycles. The Balaban J connectivity index is 1.96. The van der Waals surface area contributed by atoms with Gasteiger partial charge in [0.05, 0.1) is 25.7 Å². The molecular weight excluding hydrogens is 392 g/mol. The van der Waals surface area contributed by atoms with Crippen molar-refractivity contribution >= 4 is 40.3 Å². The van der Waals surface area contributed by atoms with Crippen molar-refractivity contribution in [2.24, 2.45) is 0 Å². The number of aryl methyl sites for hydroxylation is 1. The normalized spacial score (nSPS) is 15.2. The number of hydrogen-bond acceptors (Lipinski definition) is 7. The van der Waals surface area contributed by atoms with Crippen molar-refractivity contribution in [1.82, 2.24) is 0 Å². The van der Waals surface area contributed by atoms with E-state index >= 15 is 0 Å². The monoisotopic (exact) mass is 410 g/mol. The van der Waals surface area contributed by atoms with Crippen LogP contribution in [0.5, 0.6) is 0 Å². The second-order valence-corrected chi connectivity index (χ2v) is 7.39. The minimum absolute atomic E-state index is 0.106. The number of amides is 1. The maximum atomic E-state index is 12.7. The second-order valence-electron chi connectivity index (χ2n) is 6.28. The Labute approximate surface area is 171 Å². The number of ether oxygens (including phenoxy) is 2. The zero-order valence-electron chi connectivity index (χ0n) is 15.9. The summed E-state index contributed by atoms with van der Waals surface area (Å²) < 4.78 is 9.72. The summed E-state index contributed by atoms with van der Waals surface area (Å²) in [5, 5.41) is 12.3. The molecular formula is C21H18N2O5S. The molecule has 1 aliphatic carbocycles. The third-order valence-electron chi connectivity index (χ3n) is 4.61. The first-order valence-corrected chi connectivity index (χ1v) is 9.61. The molecule has 148 valence electrons. The van der Waals surface area contributed by atoms with Gasteiger partial charge >= 0.3 is 11.9 Å². The number of nitrogens with one attached hydrogen (secondary N) is 1. The van der Waals surface area contributed by atoms with E-state index in [0.29, 0.717) is 24.0 Å². The molecule has 0 spiro atoms. The lowest BCUT2D eigenvalue weighted by molar-refractivity contribution is -0.142. The van der Waals surface area contributed by atoms with Gasteiger partial charge in [0.2, 0.25) is 0 Å². The highest BCUT2D eigenvalue weighted by Crippen LogP contribution is 2.46. The predicted octanol–water partition coefficient (Wildman–Crippen LogP) is 3.28. The summed E-state index contributed by atoms with van der Waals surface area (Å²) in [6, 6.07) is 10.8. The van der Waals surface area contributed by atoms with Crippen molar-refractivity contribution in [3.63, 3.8) is 0 Å². The molecule has 8 heteroatoms. The van der Waals surface area contributed by atoms with Gasteiger partial charge in [-0.3, -0.25) is 9.59 Å². The molecule has 1 aliphatic rings. The van der Waals surface area contributed by atoms with E-state index in [4.69, 9.17) is 9.47 Å². The van der Waals surface area contributed by atoms with Gasteiger partial charge in [0, 0.05) is 4.88 Å². The van der Waals surface area contributed by atoms with Crippen LogP contribution < -0.4 is 5.32 Å². The number of carbonyl (C=O) groups is 3. The van der Waals surface area contributed by atoms with Crippen LogP contribution in [-0.2, 0) is 25.5 Å². The van der Waals surface area contributed by atoms with Gasteiger partial charge in [0.15, 0.2) is 0 Å². The zero-order valence-corrected chi connectivity index (χ0v) is 16.7. The van der Waals surface area contributed by atoms with Crippen LogP contribution in [0.2, 0.25) is 0 Å². The first-order chi connectivity index (χ1) is 14.0. The molecule has 0 saturated carbocycles. The van der Waals surface area contributed by atoms with Gasteiger partial charge in [0.25, 0.3) is 5.91 Å². The average Bonchev–Trinajstić information content (AvgIpc) is 3.30. The summed E-state index contributed by atoms with van der Waals surface area (Å²) in [4.78, 5) is 38.0. The lowest BCUT2D eigenvalue weighted by Crippen LogP contribution is -2.18. The van der Waals surface area contributed by atoms with Crippen LogP contribution in [0.1, 0.15) is 38.7 Å². The lowest BCUT2D eigenvalue weighted by Gasteiger charge is -2.11. The second kappa shape index (κ2) is 8.71. The largest absolute Gasteiger partial charge is 0.469 e. The summed E-state index contributed by atoms with van der Waals surface area (Å²) in [5.41, 5.74) is 1.28. The number of carbonyl (C=O) groups excluding carboxylic acids is 3. The van der Waals surface area contributed by atoms with Crippen molar-refractivity contribution < 1.29 is 23.9 Å². The van der Waals surface area contributed by atoms with E-state index in [1.807, 2.05) is 12.1 Å². The van der Waals surface area contributed by atoms with Crippen LogP contribution >= 0.6 is 11.3 Å². The fourth-order valence-electron chi connectivity index (χ4n) is 3.27. The number of nitriles is 1. The first kappa shape index (κ1) is 20.3. The number of hydrogen-bond donors (Lipinski definition) is 1. The summed E-state index contributed by atoms with van der Waals surface area (Å²) >= 11 is 1.21. The van der Waals surface area contributed by atoms with Gasteiger partial charge in [-0.2, -0.15) is 5.26 Å². The van der Waals surface area contributed by atoms with E-state index in [2.05, 4.69) is 5.32 Å². The van der Waals surface area contributed by atoms with Gasteiger partial charge in [-0.1, -0.05) is 30.3 Å². The number of methoxy groups -OCH3 is 2. The third-order valence-corrected chi connectivity index (χ3v) is 5.79. The Kier molecular flexibility index (Phi) is 6.10. The number of anilines is 1. The average molecular weight is 410 g/mol.